The molecule has 6 nitrogen and oxygen atoms in total. The Balaban J connectivity index is 4.34. The summed E-state index contributed by atoms with van der Waals surface area (Å²) in [5.41, 5.74) is 0. The number of hydrogen-bond acceptors (Lipinski definition) is 6. The van der Waals surface area contributed by atoms with Crippen molar-refractivity contribution < 1.29 is 28.6 Å². The van der Waals surface area contributed by atoms with Gasteiger partial charge in [-0.3, -0.25) is 14.4 Å². The maximum atomic E-state index is 12.8. The third kappa shape index (κ3) is 53.0. The van der Waals surface area contributed by atoms with Crippen LogP contribution in [-0.4, -0.2) is 37.2 Å². The second-order valence-corrected chi connectivity index (χ2v) is 18.1. The molecule has 0 aromatic carbocycles. The maximum absolute atomic E-state index is 12.8. The van der Waals surface area contributed by atoms with Crippen LogP contribution in [-0.2, 0) is 28.6 Å². The van der Waals surface area contributed by atoms with Gasteiger partial charge < -0.3 is 14.2 Å². The number of rotatable bonds is 49. The van der Waals surface area contributed by atoms with Gasteiger partial charge in [-0.25, -0.2) is 0 Å². The minimum atomic E-state index is -0.797. The first kappa shape index (κ1) is 64.1. The molecule has 0 radical (unpaired) electrons. The molecule has 0 saturated heterocycles. The molecule has 0 fully saturated rings. The van der Waals surface area contributed by atoms with Gasteiger partial charge >= 0.3 is 17.9 Å². The Bertz CT molecular complexity index is 1410. The molecule has 0 aromatic rings. The summed E-state index contributed by atoms with van der Waals surface area (Å²) in [6, 6.07) is 0. The Kier molecular flexibility index (Phi) is 52.4. The molecule has 0 saturated carbocycles. The smallest absolute Gasteiger partial charge is 0.306 e. The van der Waals surface area contributed by atoms with Crippen molar-refractivity contribution in [3.05, 3.63) is 109 Å². The van der Waals surface area contributed by atoms with Crippen molar-refractivity contribution in [2.24, 2.45) is 0 Å². The zero-order valence-corrected chi connectivity index (χ0v) is 44.1. The first-order valence-electron chi connectivity index (χ1n) is 27.9. The highest BCUT2D eigenvalue weighted by atomic mass is 16.6. The van der Waals surface area contributed by atoms with Crippen LogP contribution in [0.5, 0.6) is 0 Å². The molecular weight excluding hydrogens is 841 g/mol. The molecule has 0 N–H and O–H groups in total. The lowest BCUT2D eigenvalue weighted by atomic mass is 10.1. The highest BCUT2D eigenvalue weighted by molar-refractivity contribution is 5.71. The fourth-order valence-corrected chi connectivity index (χ4v) is 7.37. The summed E-state index contributed by atoms with van der Waals surface area (Å²) < 4.78 is 16.8. The van der Waals surface area contributed by atoms with Crippen LogP contribution in [0.15, 0.2) is 109 Å². The summed E-state index contributed by atoms with van der Waals surface area (Å²) in [5, 5.41) is 0. The van der Waals surface area contributed by atoms with E-state index in [0.29, 0.717) is 19.3 Å². The van der Waals surface area contributed by atoms with Crippen molar-refractivity contribution in [2.45, 2.75) is 252 Å². The summed E-state index contributed by atoms with van der Waals surface area (Å²) in [6.45, 7) is 6.32. The molecule has 0 aliphatic rings. The van der Waals surface area contributed by atoms with Crippen molar-refractivity contribution in [1.29, 1.82) is 0 Å². The molecule has 68 heavy (non-hydrogen) atoms. The summed E-state index contributed by atoms with van der Waals surface area (Å²) in [4.78, 5) is 38.0. The van der Waals surface area contributed by atoms with Gasteiger partial charge in [-0.15, -0.1) is 0 Å². The van der Waals surface area contributed by atoms with Crippen LogP contribution in [0, 0.1) is 0 Å². The predicted molar refractivity (Wildman–Crippen MR) is 293 cm³/mol. The first-order chi connectivity index (χ1) is 33.5. The van der Waals surface area contributed by atoms with Gasteiger partial charge in [0.25, 0.3) is 0 Å². The fourth-order valence-electron chi connectivity index (χ4n) is 7.37. The van der Waals surface area contributed by atoms with Crippen LogP contribution in [0.2, 0.25) is 0 Å². The Morgan fingerprint density at radius 1 is 0.309 bits per heavy atom. The summed E-state index contributed by atoms with van der Waals surface area (Å²) in [6.07, 6.45) is 75.1. The fraction of sp³-hybridized carbons (Fsp3) is 0.661. The van der Waals surface area contributed by atoms with Crippen molar-refractivity contribution in [2.75, 3.05) is 13.2 Å². The first-order valence-corrected chi connectivity index (χ1v) is 27.9. The van der Waals surface area contributed by atoms with E-state index in [0.717, 1.165) is 141 Å². The second kappa shape index (κ2) is 55.7. The normalized spacial score (nSPS) is 12.9. The van der Waals surface area contributed by atoms with E-state index < -0.39 is 6.10 Å². The number of unbranched alkanes of at least 4 members (excludes halogenated alkanes) is 20. The Labute approximate surface area is 419 Å². The predicted octanol–water partition coefficient (Wildman–Crippen LogP) is 18.7. The van der Waals surface area contributed by atoms with Crippen molar-refractivity contribution in [3.63, 3.8) is 0 Å². The molecule has 0 bridgehead atoms. The van der Waals surface area contributed by atoms with Crippen LogP contribution < -0.4 is 0 Å². The number of carbonyl (C=O) groups is 3. The largest absolute Gasteiger partial charge is 0.462 e. The number of ether oxygens (including phenoxy) is 3. The minimum absolute atomic E-state index is 0.0944. The van der Waals surface area contributed by atoms with Gasteiger partial charge in [-0.2, -0.15) is 0 Å². The molecule has 0 aliphatic carbocycles. The van der Waals surface area contributed by atoms with Gasteiger partial charge in [0.1, 0.15) is 13.2 Å². The van der Waals surface area contributed by atoms with Gasteiger partial charge in [0.05, 0.1) is 0 Å². The lowest BCUT2D eigenvalue weighted by Gasteiger charge is -2.18. The molecule has 0 aromatic heterocycles. The van der Waals surface area contributed by atoms with Gasteiger partial charge in [0.15, 0.2) is 6.10 Å². The summed E-state index contributed by atoms with van der Waals surface area (Å²) in [7, 11) is 0. The maximum Gasteiger partial charge on any atom is 0.306 e. The Hall–Kier alpha value is -3.93. The minimum Gasteiger partial charge on any atom is -0.462 e. The van der Waals surface area contributed by atoms with E-state index in [1.165, 1.54) is 64.2 Å². The average molecular weight is 943 g/mol. The average Bonchev–Trinajstić information content (AvgIpc) is 3.34. The molecule has 1 atom stereocenters. The van der Waals surface area contributed by atoms with Crippen LogP contribution in [0.4, 0.5) is 0 Å². The quantitative estimate of drug-likeness (QED) is 0.0262. The number of esters is 3. The van der Waals surface area contributed by atoms with E-state index in [1.54, 1.807) is 0 Å². The van der Waals surface area contributed by atoms with E-state index >= 15 is 0 Å². The van der Waals surface area contributed by atoms with Crippen molar-refractivity contribution in [3.8, 4) is 0 Å². The highest BCUT2D eigenvalue weighted by Gasteiger charge is 2.19. The highest BCUT2D eigenvalue weighted by Crippen LogP contribution is 2.14. The molecule has 0 rings (SSSR count). The second-order valence-electron chi connectivity index (χ2n) is 18.1. The molecule has 386 valence electrons. The number of carbonyl (C=O) groups excluding carboxylic acids is 3. The number of allylic oxidation sites excluding steroid dienone is 18. The van der Waals surface area contributed by atoms with E-state index in [-0.39, 0.29) is 31.1 Å². The monoisotopic (exact) mass is 943 g/mol. The van der Waals surface area contributed by atoms with E-state index in [2.05, 4.69) is 130 Å². The zero-order valence-electron chi connectivity index (χ0n) is 44.1. The summed E-state index contributed by atoms with van der Waals surface area (Å²) in [5.74, 6) is -0.935. The van der Waals surface area contributed by atoms with Crippen LogP contribution >= 0.6 is 0 Å². The zero-order chi connectivity index (χ0) is 49.3. The topological polar surface area (TPSA) is 78.9 Å². The van der Waals surface area contributed by atoms with Gasteiger partial charge in [0.2, 0.25) is 0 Å². The summed E-state index contributed by atoms with van der Waals surface area (Å²) >= 11 is 0. The van der Waals surface area contributed by atoms with Gasteiger partial charge in [-0.05, 0) is 116 Å². The van der Waals surface area contributed by atoms with Crippen LogP contribution in [0.25, 0.3) is 0 Å². The van der Waals surface area contributed by atoms with E-state index in [1.807, 2.05) is 0 Å². The lowest BCUT2D eigenvalue weighted by Crippen LogP contribution is -2.30. The molecule has 0 aliphatic heterocycles. The van der Waals surface area contributed by atoms with Crippen LogP contribution in [0.1, 0.15) is 245 Å². The molecule has 0 heterocycles. The molecule has 1 unspecified atom stereocenters. The van der Waals surface area contributed by atoms with Gasteiger partial charge in [-0.1, -0.05) is 220 Å². The lowest BCUT2D eigenvalue weighted by molar-refractivity contribution is -0.167. The van der Waals surface area contributed by atoms with Crippen LogP contribution in [0.3, 0.4) is 0 Å². The molecule has 6 heteroatoms. The molecule has 0 amide bonds. The standard InChI is InChI=1S/C62H102O6/c1-4-7-10-13-16-19-22-24-26-28-29-30-31-32-33-35-36-38-40-43-46-49-52-55-61(64)67-58-59(57-66-60(63)54-51-48-45-42-21-18-15-12-9-6-3)68-62(65)56-53-50-47-44-41-39-37-34-27-25-23-20-17-14-11-8-5-2/h7-8,10-12,15-17,19-20,24-27,29-30,37,39,59H,4-6,9,13-14,18,21-23,28,31-36,38,40-58H2,1-3H3/b10-7-,11-8-,15-12-,19-16-,20-17-,26-24-,27-25-,30-29-,39-37-. The third-order valence-corrected chi connectivity index (χ3v) is 11.5. The number of hydrogen-bond donors (Lipinski definition) is 0. The van der Waals surface area contributed by atoms with Crippen molar-refractivity contribution >= 4 is 17.9 Å². The van der Waals surface area contributed by atoms with E-state index in [9.17, 15) is 14.4 Å². The van der Waals surface area contributed by atoms with Gasteiger partial charge in [0, 0.05) is 19.3 Å². The molecule has 0 spiro atoms. The van der Waals surface area contributed by atoms with Crippen molar-refractivity contribution in [1.82, 2.24) is 0 Å². The Morgan fingerprint density at radius 2 is 0.574 bits per heavy atom. The SMILES string of the molecule is CC/C=C\C/C=C\C/C=C\C/C=C\CCCCCCCCCCCCC(=O)OCC(COC(=O)CCCCCCC/C=C\CCC)OC(=O)CCCCCC/C=C\C/C=C\C/C=C\C/C=C\CC. The van der Waals surface area contributed by atoms with E-state index in [4.69, 9.17) is 14.2 Å². The Morgan fingerprint density at radius 3 is 0.912 bits per heavy atom. The molecular formula is C62H102O6. The third-order valence-electron chi connectivity index (χ3n) is 11.5.